The summed E-state index contributed by atoms with van der Waals surface area (Å²) in [6, 6.07) is 11.9. The van der Waals surface area contributed by atoms with Crippen LogP contribution in [-0.4, -0.2) is 20.3 Å². The molecule has 0 aliphatic rings. The molecular formula is C15H18ClNO2S. The van der Waals surface area contributed by atoms with E-state index < -0.39 is 0 Å². The first kappa shape index (κ1) is 15.2. The van der Waals surface area contributed by atoms with Crippen LogP contribution in [0, 0.1) is 0 Å². The number of rotatable bonds is 7. The zero-order valence-corrected chi connectivity index (χ0v) is 13.1. The average Bonchev–Trinajstić information content (AvgIpc) is 2.90. The fraction of sp³-hybridized carbons (Fsp3) is 0.333. The summed E-state index contributed by atoms with van der Waals surface area (Å²) >= 11 is 7.53. The lowest BCUT2D eigenvalue weighted by atomic mass is 10.3. The van der Waals surface area contributed by atoms with Gasteiger partial charge in [0.2, 0.25) is 0 Å². The Morgan fingerprint density at radius 2 is 1.95 bits per heavy atom. The lowest BCUT2D eigenvalue weighted by Gasteiger charge is -2.14. The van der Waals surface area contributed by atoms with Gasteiger partial charge in [-0.1, -0.05) is 23.7 Å². The number of halogens is 1. The van der Waals surface area contributed by atoms with Crippen LogP contribution in [0.2, 0.25) is 4.34 Å². The highest BCUT2D eigenvalue weighted by Crippen LogP contribution is 2.27. The Hall–Kier alpha value is -1.23. The van der Waals surface area contributed by atoms with E-state index in [1.165, 1.54) is 4.88 Å². The van der Waals surface area contributed by atoms with Crippen molar-refractivity contribution >= 4 is 22.9 Å². The molecule has 1 atom stereocenters. The lowest BCUT2D eigenvalue weighted by molar-refractivity contribution is 0.288. The Morgan fingerprint density at radius 3 is 2.60 bits per heavy atom. The smallest absolute Gasteiger partial charge is 0.161 e. The molecule has 5 heteroatoms. The molecular weight excluding hydrogens is 294 g/mol. The van der Waals surface area contributed by atoms with Crippen molar-refractivity contribution in [2.24, 2.45) is 0 Å². The molecule has 3 nitrogen and oxygen atoms in total. The van der Waals surface area contributed by atoms with Crippen molar-refractivity contribution in [3.63, 3.8) is 0 Å². The molecule has 0 saturated heterocycles. The first-order valence-corrected chi connectivity index (χ1v) is 7.64. The molecule has 2 rings (SSSR count). The molecule has 0 aliphatic heterocycles. The van der Waals surface area contributed by atoms with Gasteiger partial charge in [0.25, 0.3) is 0 Å². The van der Waals surface area contributed by atoms with Crippen molar-refractivity contribution in [3.8, 4) is 11.5 Å². The van der Waals surface area contributed by atoms with Crippen LogP contribution in [0.15, 0.2) is 36.4 Å². The third-order valence-electron chi connectivity index (χ3n) is 2.90. The maximum Gasteiger partial charge on any atom is 0.161 e. The average molecular weight is 312 g/mol. The van der Waals surface area contributed by atoms with Gasteiger partial charge in [-0.05, 0) is 31.2 Å². The van der Waals surface area contributed by atoms with Gasteiger partial charge in [-0.25, -0.2) is 0 Å². The van der Waals surface area contributed by atoms with Crippen molar-refractivity contribution in [1.82, 2.24) is 5.32 Å². The number of benzene rings is 1. The maximum atomic E-state index is 5.93. The van der Waals surface area contributed by atoms with E-state index >= 15 is 0 Å². The molecule has 0 bridgehead atoms. The van der Waals surface area contributed by atoms with Gasteiger partial charge >= 0.3 is 0 Å². The standard InChI is InChI=1S/C15H18ClNO2S/c1-11(14-7-8-15(16)20-14)17-9-10-19-13-6-4-3-5-12(13)18-2/h3-8,11,17H,9-10H2,1-2H3. The first-order chi connectivity index (χ1) is 9.70. The van der Waals surface area contributed by atoms with Gasteiger partial charge in [-0.3, -0.25) is 0 Å². The normalized spacial score (nSPS) is 12.2. The fourth-order valence-corrected chi connectivity index (χ4v) is 2.92. The molecule has 2 aromatic rings. The van der Waals surface area contributed by atoms with Crippen LogP contribution in [0.25, 0.3) is 0 Å². The minimum absolute atomic E-state index is 0.272. The Bertz CT molecular complexity index is 544. The summed E-state index contributed by atoms with van der Waals surface area (Å²) in [4.78, 5) is 1.23. The van der Waals surface area contributed by atoms with Gasteiger partial charge in [-0.15, -0.1) is 11.3 Å². The van der Waals surface area contributed by atoms with Crippen LogP contribution in [0.1, 0.15) is 17.8 Å². The Balaban J connectivity index is 1.76. The molecule has 1 N–H and O–H groups in total. The highest BCUT2D eigenvalue weighted by molar-refractivity contribution is 7.16. The SMILES string of the molecule is COc1ccccc1OCCNC(C)c1ccc(Cl)s1. The molecule has 1 heterocycles. The van der Waals surface area contributed by atoms with Gasteiger partial charge in [0.1, 0.15) is 6.61 Å². The monoisotopic (exact) mass is 311 g/mol. The van der Waals surface area contributed by atoms with Gasteiger partial charge in [0.15, 0.2) is 11.5 Å². The Labute approximate surface area is 128 Å². The van der Waals surface area contributed by atoms with Crippen molar-refractivity contribution < 1.29 is 9.47 Å². The molecule has 0 spiro atoms. The molecule has 0 aliphatic carbocycles. The van der Waals surface area contributed by atoms with Gasteiger partial charge in [0, 0.05) is 17.5 Å². The molecule has 0 amide bonds. The van der Waals surface area contributed by atoms with E-state index in [1.807, 2.05) is 36.4 Å². The number of thiophene rings is 1. The summed E-state index contributed by atoms with van der Waals surface area (Å²) in [6.07, 6.45) is 0. The number of hydrogen-bond donors (Lipinski definition) is 1. The van der Waals surface area contributed by atoms with E-state index in [-0.39, 0.29) is 6.04 Å². The molecule has 0 saturated carbocycles. The predicted octanol–water partition coefficient (Wildman–Crippen LogP) is 4.14. The minimum Gasteiger partial charge on any atom is -0.493 e. The molecule has 0 fully saturated rings. The van der Waals surface area contributed by atoms with Crippen LogP contribution in [0.4, 0.5) is 0 Å². The predicted molar refractivity (Wildman–Crippen MR) is 84.2 cm³/mol. The van der Waals surface area contributed by atoms with E-state index in [0.29, 0.717) is 6.61 Å². The summed E-state index contributed by atoms with van der Waals surface area (Å²) in [6.45, 7) is 3.46. The highest BCUT2D eigenvalue weighted by Gasteiger charge is 2.07. The molecule has 1 aromatic heterocycles. The van der Waals surface area contributed by atoms with Gasteiger partial charge in [-0.2, -0.15) is 0 Å². The van der Waals surface area contributed by atoms with Crippen molar-refractivity contribution in [2.75, 3.05) is 20.3 Å². The van der Waals surface area contributed by atoms with Crippen molar-refractivity contribution in [1.29, 1.82) is 0 Å². The molecule has 0 radical (unpaired) electrons. The maximum absolute atomic E-state index is 5.93. The van der Waals surface area contributed by atoms with Crippen LogP contribution in [-0.2, 0) is 0 Å². The Morgan fingerprint density at radius 1 is 1.20 bits per heavy atom. The molecule has 20 heavy (non-hydrogen) atoms. The molecule has 1 aromatic carbocycles. The minimum atomic E-state index is 0.272. The molecule has 1 unspecified atom stereocenters. The van der Waals surface area contributed by atoms with E-state index in [0.717, 1.165) is 22.4 Å². The fourth-order valence-electron chi connectivity index (χ4n) is 1.84. The zero-order chi connectivity index (χ0) is 14.4. The van der Waals surface area contributed by atoms with E-state index in [2.05, 4.69) is 12.2 Å². The van der Waals surface area contributed by atoms with Crippen LogP contribution >= 0.6 is 22.9 Å². The Kier molecular flexibility index (Phi) is 5.71. The second-order valence-corrected chi connectivity index (χ2v) is 6.06. The number of para-hydroxylation sites is 2. The summed E-state index contributed by atoms with van der Waals surface area (Å²) in [5, 5.41) is 3.41. The quantitative estimate of drug-likeness (QED) is 0.780. The number of nitrogens with one attached hydrogen (secondary N) is 1. The van der Waals surface area contributed by atoms with Crippen molar-refractivity contribution in [2.45, 2.75) is 13.0 Å². The van der Waals surface area contributed by atoms with Gasteiger partial charge in [0.05, 0.1) is 11.4 Å². The highest BCUT2D eigenvalue weighted by atomic mass is 35.5. The summed E-state index contributed by atoms with van der Waals surface area (Å²) in [5.41, 5.74) is 0. The zero-order valence-electron chi connectivity index (χ0n) is 11.6. The summed E-state index contributed by atoms with van der Waals surface area (Å²) in [7, 11) is 1.64. The van der Waals surface area contributed by atoms with Crippen LogP contribution in [0.5, 0.6) is 11.5 Å². The van der Waals surface area contributed by atoms with Crippen LogP contribution in [0.3, 0.4) is 0 Å². The summed E-state index contributed by atoms with van der Waals surface area (Å²) < 4.78 is 11.8. The second kappa shape index (κ2) is 7.53. The van der Waals surface area contributed by atoms with E-state index in [1.54, 1.807) is 18.4 Å². The van der Waals surface area contributed by atoms with Crippen LogP contribution < -0.4 is 14.8 Å². The largest absolute Gasteiger partial charge is 0.493 e. The topological polar surface area (TPSA) is 30.5 Å². The molecule has 108 valence electrons. The number of methoxy groups -OCH3 is 1. The first-order valence-electron chi connectivity index (χ1n) is 6.45. The van der Waals surface area contributed by atoms with E-state index in [9.17, 15) is 0 Å². The summed E-state index contributed by atoms with van der Waals surface area (Å²) in [5.74, 6) is 1.52. The second-order valence-electron chi connectivity index (χ2n) is 4.32. The lowest BCUT2D eigenvalue weighted by Crippen LogP contribution is -2.23. The van der Waals surface area contributed by atoms with Gasteiger partial charge < -0.3 is 14.8 Å². The number of ether oxygens (including phenoxy) is 2. The third kappa shape index (κ3) is 4.13. The van der Waals surface area contributed by atoms with E-state index in [4.69, 9.17) is 21.1 Å². The third-order valence-corrected chi connectivity index (χ3v) is 4.31. The van der Waals surface area contributed by atoms with Crippen molar-refractivity contribution in [3.05, 3.63) is 45.6 Å². The number of hydrogen-bond acceptors (Lipinski definition) is 4.